The van der Waals surface area contributed by atoms with Gasteiger partial charge in [0.15, 0.2) is 28.4 Å². The quantitative estimate of drug-likeness (QED) is 0.0652. The van der Waals surface area contributed by atoms with Crippen LogP contribution in [0.25, 0.3) is 0 Å². The van der Waals surface area contributed by atoms with Gasteiger partial charge in [0, 0.05) is 25.4 Å². The first kappa shape index (κ1) is 33.3. The smallest absolute Gasteiger partial charge is 0.280 e. The molecule has 0 saturated heterocycles. The number of aryl methyl sites for hydroxylation is 1. The molecule has 40 heavy (non-hydrogen) atoms. The summed E-state index contributed by atoms with van der Waals surface area (Å²) in [6.07, 6.45) is 2.56. The lowest BCUT2D eigenvalue weighted by Crippen LogP contribution is -2.41. The van der Waals surface area contributed by atoms with Crippen LogP contribution >= 0.6 is 23.4 Å². The highest BCUT2D eigenvalue weighted by molar-refractivity contribution is 6.34. The van der Waals surface area contributed by atoms with E-state index in [1.807, 2.05) is 24.3 Å². The minimum atomic E-state index is -0.705. The molecule has 0 unspecified atom stereocenters. The van der Waals surface area contributed by atoms with Crippen LogP contribution in [-0.2, 0) is 25.4 Å². The lowest BCUT2D eigenvalue weighted by Gasteiger charge is -2.11. The van der Waals surface area contributed by atoms with Gasteiger partial charge in [0.1, 0.15) is 12.4 Å². The topological polar surface area (TPSA) is 175 Å². The normalized spacial score (nSPS) is 10.8. The first-order valence-corrected chi connectivity index (χ1v) is 13.5. The van der Waals surface area contributed by atoms with Gasteiger partial charge in [-0.1, -0.05) is 23.7 Å². The molecule has 2 aromatic rings. The predicted molar refractivity (Wildman–Crippen MR) is 153 cm³/mol. The van der Waals surface area contributed by atoms with Crippen LogP contribution in [0.4, 0.5) is 11.6 Å². The molecule has 0 bridgehead atoms. The summed E-state index contributed by atoms with van der Waals surface area (Å²) in [7, 11) is 1.64. The molecule has 6 N–H and O–H groups in total. The van der Waals surface area contributed by atoms with E-state index >= 15 is 0 Å². The average molecular weight is 603 g/mol. The van der Waals surface area contributed by atoms with Crippen LogP contribution < -0.4 is 25.9 Å². The number of benzene rings is 1. The predicted octanol–water partition coefficient (Wildman–Crippen LogP) is 2.63. The van der Waals surface area contributed by atoms with E-state index in [9.17, 15) is 4.79 Å². The number of nitrogens with zero attached hydrogens (tertiary/aromatic N) is 2. The molecular weight excluding hydrogens is 565 g/mol. The van der Waals surface area contributed by atoms with Gasteiger partial charge >= 0.3 is 0 Å². The lowest BCUT2D eigenvalue weighted by atomic mass is 10.1. The summed E-state index contributed by atoms with van der Waals surface area (Å²) in [5.74, 6) is -0.234. The Labute approximate surface area is 244 Å². The average Bonchev–Trinajstić information content (AvgIpc) is 2.95. The van der Waals surface area contributed by atoms with Crippen LogP contribution in [-0.4, -0.2) is 88.3 Å². The Hall–Kier alpha value is -2.94. The number of rotatable bonds is 20. The summed E-state index contributed by atoms with van der Waals surface area (Å²) in [5, 5.41) is 13.0. The van der Waals surface area contributed by atoms with Crippen LogP contribution in [0.2, 0.25) is 5.15 Å². The summed E-state index contributed by atoms with van der Waals surface area (Å²) < 4.78 is 26.8. The van der Waals surface area contributed by atoms with E-state index in [4.69, 9.17) is 58.2 Å². The molecule has 0 radical (unpaired) electrons. The third-order valence-electron chi connectivity index (χ3n) is 5.21. The fourth-order valence-corrected chi connectivity index (χ4v) is 3.55. The van der Waals surface area contributed by atoms with E-state index in [0.717, 1.165) is 25.0 Å². The number of nitrogen functional groups attached to an aromatic ring is 1. The molecule has 0 atom stereocenters. The zero-order chi connectivity index (χ0) is 29.0. The van der Waals surface area contributed by atoms with Crippen molar-refractivity contribution in [2.75, 3.05) is 77.1 Å². The van der Waals surface area contributed by atoms with Gasteiger partial charge in [-0.15, -0.1) is 0 Å². The van der Waals surface area contributed by atoms with Crippen LogP contribution in [0.5, 0.6) is 5.75 Å². The van der Waals surface area contributed by atoms with Crippen molar-refractivity contribution in [2.45, 2.75) is 19.3 Å². The number of ether oxygens (including phenoxy) is 5. The van der Waals surface area contributed by atoms with Crippen LogP contribution in [0.15, 0.2) is 24.3 Å². The van der Waals surface area contributed by atoms with Gasteiger partial charge in [-0.3, -0.25) is 20.4 Å². The number of nitrogens with one attached hydrogen (secondary N) is 4. The molecule has 0 saturated carbocycles. The van der Waals surface area contributed by atoms with Crippen molar-refractivity contribution in [1.82, 2.24) is 20.6 Å². The fraction of sp³-hybridized carbons (Fsp3) is 0.520. The first-order valence-electron chi connectivity index (χ1n) is 12.7. The molecule has 15 heteroatoms. The number of methoxy groups -OCH3 is 1. The highest BCUT2D eigenvalue weighted by Gasteiger charge is 2.17. The zero-order valence-corrected chi connectivity index (χ0v) is 24.0. The third kappa shape index (κ3) is 13.4. The maximum Gasteiger partial charge on any atom is 0.280 e. The number of carbonyl (C=O) groups excluding carboxylic acids is 1. The van der Waals surface area contributed by atoms with Crippen molar-refractivity contribution >= 4 is 46.9 Å². The number of unbranched alkanes of at least 4 members (excludes halogenated alkanes) is 1. The van der Waals surface area contributed by atoms with Crippen molar-refractivity contribution in [2.24, 2.45) is 0 Å². The number of hydrogen-bond acceptors (Lipinski definition) is 11. The van der Waals surface area contributed by atoms with Crippen molar-refractivity contribution in [3.05, 3.63) is 40.7 Å². The maximum absolute atomic E-state index is 12.3. The van der Waals surface area contributed by atoms with Gasteiger partial charge in [0.2, 0.25) is 0 Å². The summed E-state index contributed by atoms with van der Waals surface area (Å²) in [6.45, 7) is 4.66. The second kappa shape index (κ2) is 20.0. The SMILES string of the molecule is COCCOCCOCCOCCOc1ccc(CCCCNC(=N)NC(=O)c2nc(Cl)c(NCl)nc2N)cc1. The van der Waals surface area contributed by atoms with Crippen LogP contribution in [0.1, 0.15) is 28.9 Å². The Morgan fingerprint density at radius 3 is 2.20 bits per heavy atom. The molecule has 0 aliphatic heterocycles. The third-order valence-corrected chi connectivity index (χ3v) is 5.66. The van der Waals surface area contributed by atoms with Gasteiger partial charge in [0.05, 0.1) is 46.2 Å². The van der Waals surface area contributed by atoms with E-state index in [1.165, 1.54) is 5.56 Å². The van der Waals surface area contributed by atoms with Gasteiger partial charge < -0.3 is 34.7 Å². The first-order chi connectivity index (χ1) is 19.4. The minimum absolute atomic E-state index is 0.0343. The Kier molecular flexibility index (Phi) is 16.6. The number of nitrogens with two attached hydrogens (primary N) is 1. The molecule has 0 fully saturated rings. The number of aromatic nitrogens is 2. The molecule has 0 aliphatic rings. The maximum atomic E-state index is 12.3. The molecule has 1 amide bonds. The van der Waals surface area contributed by atoms with Crippen molar-refractivity contribution in [3.8, 4) is 5.75 Å². The minimum Gasteiger partial charge on any atom is -0.491 e. The number of hydrogen-bond donors (Lipinski definition) is 5. The zero-order valence-electron chi connectivity index (χ0n) is 22.5. The highest BCUT2D eigenvalue weighted by Crippen LogP contribution is 2.20. The Morgan fingerprint density at radius 1 is 0.950 bits per heavy atom. The second-order valence-corrected chi connectivity index (χ2v) is 8.77. The summed E-state index contributed by atoms with van der Waals surface area (Å²) in [5.41, 5.74) is 6.69. The Morgan fingerprint density at radius 2 is 1.57 bits per heavy atom. The van der Waals surface area contributed by atoms with E-state index in [1.54, 1.807) is 7.11 Å². The van der Waals surface area contributed by atoms with E-state index in [2.05, 4.69) is 25.4 Å². The second-order valence-electron chi connectivity index (χ2n) is 8.23. The number of carbonyl (C=O) groups is 1. The molecule has 1 aromatic heterocycles. The number of anilines is 2. The standard InChI is InChI=1S/C25H37Cl2N7O6/c1-36-10-11-37-12-13-38-14-15-39-16-17-40-19-7-5-18(6-8-19)4-2-3-9-30-25(29)33-24(35)20-22(28)32-23(34-27)21(26)31-20/h5-8H,2-4,9-17H2,1H3,(H3,28,32,34)(H3,29,30,33,35). The molecule has 1 heterocycles. The molecule has 2 rings (SSSR count). The lowest BCUT2D eigenvalue weighted by molar-refractivity contribution is 0.000163. The van der Waals surface area contributed by atoms with Crippen molar-refractivity contribution in [3.63, 3.8) is 0 Å². The summed E-state index contributed by atoms with van der Waals surface area (Å²) in [4.78, 5) is 22.2. The van der Waals surface area contributed by atoms with Gasteiger partial charge in [0.25, 0.3) is 5.91 Å². The molecule has 222 valence electrons. The molecule has 13 nitrogen and oxygen atoms in total. The number of amides is 1. The molecule has 1 aromatic carbocycles. The van der Waals surface area contributed by atoms with E-state index < -0.39 is 5.91 Å². The molecule has 0 spiro atoms. The summed E-state index contributed by atoms with van der Waals surface area (Å²) >= 11 is 11.3. The molecular formula is C25H37Cl2N7O6. The monoisotopic (exact) mass is 601 g/mol. The van der Waals surface area contributed by atoms with Gasteiger partial charge in [-0.2, -0.15) is 0 Å². The Bertz CT molecular complexity index is 1030. The highest BCUT2D eigenvalue weighted by atomic mass is 35.5. The van der Waals surface area contributed by atoms with E-state index in [0.29, 0.717) is 59.4 Å². The van der Waals surface area contributed by atoms with E-state index in [-0.39, 0.29) is 28.4 Å². The van der Waals surface area contributed by atoms with Crippen LogP contribution in [0.3, 0.4) is 0 Å². The van der Waals surface area contributed by atoms with Crippen molar-refractivity contribution in [1.29, 1.82) is 5.41 Å². The van der Waals surface area contributed by atoms with Gasteiger partial charge in [-0.05, 0) is 37.0 Å². The van der Waals surface area contributed by atoms with Gasteiger partial charge in [-0.25, -0.2) is 9.97 Å². The van der Waals surface area contributed by atoms with Crippen LogP contribution in [0, 0.1) is 5.41 Å². The summed E-state index contributed by atoms with van der Waals surface area (Å²) in [6, 6.07) is 7.91. The number of guanidine groups is 1. The Balaban J connectivity index is 1.51. The fourth-order valence-electron chi connectivity index (χ4n) is 3.19. The molecule has 0 aliphatic carbocycles. The number of halogens is 2. The largest absolute Gasteiger partial charge is 0.491 e. The van der Waals surface area contributed by atoms with Crippen molar-refractivity contribution < 1.29 is 28.5 Å².